The molecule has 29 heavy (non-hydrogen) atoms. The molecule has 3 aromatic rings. The van der Waals surface area contributed by atoms with Gasteiger partial charge < -0.3 is 0 Å². The van der Waals surface area contributed by atoms with E-state index >= 15 is 0 Å². The largest absolute Gasteiger partial charge is 0.286 e. The minimum Gasteiger partial charge on any atom is -0.286 e. The van der Waals surface area contributed by atoms with E-state index in [1.54, 1.807) is 23.1 Å². The van der Waals surface area contributed by atoms with Crippen LogP contribution in [0.25, 0.3) is 6.08 Å². The van der Waals surface area contributed by atoms with E-state index in [1.165, 1.54) is 12.1 Å². The Hall–Kier alpha value is -4.06. The summed E-state index contributed by atoms with van der Waals surface area (Å²) < 4.78 is 0. The lowest BCUT2D eigenvalue weighted by molar-refractivity contribution is -0.384. The summed E-state index contributed by atoms with van der Waals surface area (Å²) in [7, 11) is 0. The molecule has 1 aliphatic rings. The van der Waals surface area contributed by atoms with Crippen LogP contribution in [0.15, 0.2) is 95.6 Å². The number of non-ortho nitro benzene ring substituents is 1. The van der Waals surface area contributed by atoms with Crippen molar-refractivity contribution in [1.29, 1.82) is 0 Å². The van der Waals surface area contributed by atoms with Crippen LogP contribution in [0.3, 0.4) is 0 Å². The number of benzene rings is 3. The molecule has 0 atom stereocenters. The topological polar surface area (TPSA) is 75.8 Å². The first kappa shape index (κ1) is 18.3. The van der Waals surface area contributed by atoms with E-state index in [-0.39, 0.29) is 17.3 Å². The van der Waals surface area contributed by atoms with E-state index in [9.17, 15) is 14.9 Å². The molecule has 0 saturated heterocycles. The fourth-order valence-corrected chi connectivity index (χ4v) is 3.16. The fraction of sp³-hybridized carbons (Fsp3) is 0.0435. The maximum atomic E-state index is 13.1. The summed E-state index contributed by atoms with van der Waals surface area (Å²) in [5, 5.41) is 11.0. The van der Waals surface area contributed by atoms with E-state index in [0.717, 1.165) is 11.1 Å². The van der Waals surface area contributed by atoms with Crippen molar-refractivity contribution in [3.05, 3.63) is 117 Å². The second-order valence-electron chi connectivity index (χ2n) is 6.56. The lowest BCUT2D eigenvalue weighted by atomic mass is 10.1. The van der Waals surface area contributed by atoms with Crippen LogP contribution in [0.4, 0.5) is 5.69 Å². The van der Waals surface area contributed by atoms with Crippen molar-refractivity contribution in [3.63, 3.8) is 0 Å². The van der Waals surface area contributed by atoms with Crippen LogP contribution in [0.5, 0.6) is 0 Å². The maximum absolute atomic E-state index is 13.1. The number of nitro groups is 1. The Morgan fingerprint density at radius 3 is 2.31 bits per heavy atom. The molecule has 1 amide bonds. The van der Waals surface area contributed by atoms with Crippen LogP contribution in [0.1, 0.15) is 16.7 Å². The normalized spacial score (nSPS) is 14.9. The van der Waals surface area contributed by atoms with Gasteiger partial charge in [-0.2, -0.15) is 0 Å². The smallest absolute Gasteiger partial charge is 0.278 e. The Bertz CT molecular complexity index is 1120. The van der Waals surface area contributed by atoms with Crippen LogP contribution < -0.4 is 0 Å². The number of nitrogens with zero attached hydrogens (tertiary/aromatic N) is 3. The van der Waals surface area contributed by atoms with Crippen LogP contribution >= 0.6 is 0 Å². The lowest BCUT2D eigenvalue weighted by Crippen LogP contribution is -2.32. The summed E-state index contributed by atoms with van der Waals surface area (Å²) in [6, 6.07) is 25.3. The van der Waals surface area contributed by atoms with Gasteiger partial charge >= 0.3 is 0 Å². The van der Waals surface area contributed by atoms with Crippen molar-refractivity contribution in [1.82, 2.24) is 4.90 Å². The zero-order valence-corrected chi connectivity index (χ0v) is 15.4. The van der Waals surface area contributed by atoms with Gasteiger partial charge in [-0.05, 0) is 17.2 Å². The molecule has 6 heteroatoms. The molecule has 0 fully saturated rings. The van der Waals surface area contributed by atoms with Gasteiger partial charge in [0.2, 0.25) is 0 Å². The van der Waals surface area contributed by atoms with Crippen LogP contribution in [0.2, 0.25) is 0 Å². The molecule has 1 aliphatic heterocycles. The molecule has 0 spiro atoms. The second-order valence-corrected chi connectivity index (χ2v) is 6.56. The number of rotatable bonds is 5. The molecule has 6 nitrogen and oxygen atoms in total. The van der Waals surface area contributed by atoms with Gasteiger partial charge in [0.25, 0.3) is 11.6 Å². The first-order valence-corrected chi connectivity index (χ1v) is 9.08. The molecule has 0 radical (unpaired) electrons. The van der Waals surface area contributed by atoms with Crippen LogP contribution in [-0.4, -0.2) is 21.6 Å². The standard InChI is InChI=1S/C23H17N3O3/c27-23-21(15-18-10-7-13-20(14-18)26(28)29)24-22(19-11-5-2-6-12-19)25(23)16-17-8-3-1-4-9-17/h1-15H,16H2/b21-15-. The van der Waals surface area contributed by atoms with Gasteiger partial charge in [0.15, 0.2) is 0 Å². The highest BCUT2D eigenvalue weighted by atomic mass is 16.6. The minimum atomic E-state index is -0.459. The number of hydrogen-bond acceptors (Lipinski definition) is 4. The van der Waals surface area contributed by atoms with Gasteiger partial charge in [0, 0.05) is 17.7 Å². The molecular formula is C23H17N3O3. The van der Waals surface area contributed by atoms with Crippen molar-refractivity contribution >= 4 is 23.5 Å². The van der Waals surface area contributed by atoms with Crippen molar-refractivity contribution < 1.29 is 9.72 Å². The maximum Gasteiger partial charge on any atom is 0.278 e. The van der Waals surface area contributed by atoms with Crippen molar-refractivity contribution in [2.75, 3.05) is 0 Å². The average molecular weight is 383 g/mol. The predicted molar refractivity (Wildman–Crippen MR) is 111 cm³/mol. The summed E-state index contributed by atoms with van der Waals surface area (Å²) in [5.74, 6) is 0.329. The van der Waals surface area contributed by atoms with Crippen LogP contribution in [-0.2, 0) is 11.3 Å². The Labute approximate surface area is 167 Å². The van der Waals surface area contributed by atoms with Gasteiger partial charge in [0.1, 0.15) is 11.5 Å². The third-order valence-electron chi connectivity index (χ3n) is 4.55. The number of hydrogen-bond donors (Lipinski definition) is 0. The van der Waals surface area contributed by atoms with Gasteiger partial charge in [-0.3, -0.25) is 19.8 Å². The van der Waals surface area contributed by atoms with Crippen molar-refractivity contribution in [3.8, 4) is 0 Å². The van der Waals surface area contributed by atoms with Gasteiger partial charge in [0.05, 0.1) is 11.5 Å². The molecule has 0 aromatic heterocycles. The molecule has 0 bridgehead atoms. The summed E-state index contributed by atoms with van der Waals surface area (Å²) in [4.78, 5) is 29.9. The monoisotopic (exact) mass is 383 g/mol. The Morgan fingerprint density at radius 1 is 0.931 bits per heavy atom. The minimum absolute atomic E-state index is 0.0294. The molecule has 0 aliphatic carbocycles. The average Bonchev–Trinajstić information content (AvgIpc) is 3.05. The quantitative estimate of drug-likeness (QED) is 0.372. The van der Waals surface area contributed by atoms with E-state index < -0.39 is 4.92 Å². The molecule has 1 heterocycles. The first-order valence-electron chi connectivity index (χ1n) is 9.08. The molecular weight excluding hydrogens is 366 g/mol. The van der Waals surface area contributed by atoms with Crippen LogP contribution in [0, 0.1) is 10.1 Å². The highest BCUT2D eigenvalue weighted by Gasteiger charge is 2.31. The van der Waals surface area contributed by atoms with E-state index in [2.05, 4.69) is 4.99 Å². The van der Waals surface area contributed by atoms with Crippen molar-refractivity contribution in [2.24, 2.45) is 4.99 Å². The number of aliphatic imine (C=N–C) groups is 1. The Balaban J connectivity index is 1.74. The molecule has 142 valence electrons. The number of carbonyl (C=O) groups is 1. The molecule has 0 unspecified atom stereocenters. The molecule has 0 saturated carbocycles. The fourth-order valence-electron chi connectivity index (χ4n) is 3.16. The molecule has 3 aromatic carbocycles. The highest BCUT2D eigenvalue weighted by molar-refractivity contribution is 6.19. The SMILES string of the molecule is O=C1/C(=C/c2cccc([N+](=O)[O-])c2)N=C(c2ccccc2)N1Cc1ccccc1. The number of carbonyl (C=O) groups excluding carboxylic acids is 1. The number of amidine groups is 1. The second kappa shape index (κ2) is 7.90. The molecule has 4 rings (SSSR count). The Morgan fingerprint density at radius 2 is 1.62 bits per heavy atom. The summed E-state index contributed by atoms with van der Waals surface area (Å²) in [5.41, 5.74) is 2.60. The van der Waals surface area contributed by atoms with E-state index in [1.807, 2.05) is 60.7 Å². The number of nitro benzene ring substituents is 1. The summed E-state index contributed by atoms with van der Waals surface area (Å²) in [6.45, 7) is 0.389. The third kappa shape index (κ3) is 3.96. The lowest BCUT2D eigenvalue weighted by Gasteiger charge is -2.18. The Kier molecular flexibility index (Phi) is 4.99. The van der Waals surface area contributed by atoms with Crippen molar-refractivity contribution in [2.45, 2.75) is 6.54 Å². The third-order valence-corrected chi connectivity index (χ3v) is 4.55. The van der Waals surface area contributed by atoms with Gasteiger partial charge in [-0.1, -0.05) is 72.8 Å². The van der Waals surface area contributed by atoms with E-state index in [4.69, 9.17) is 0 Å². The van der Waals surface area contributed by atoms with Gasteiger partial charge in [-0.15, -0.1) is 0 Å². The first-order chi connectivity index (χ1) is 14.1. The summed E-state index contributed by atoms with van der Waals surface area (Å²) >= 11 is 0. The number of amides is 1. The van der Waals surface area contributed by atoms with E-state index in [0.29, 0.717) is 17.9 Å². The zero-order chi connectivity index (χ0) is 20.2. The molecule has 0 N–H and O–H groups in total. The zero-order valence-electron chi connectivity index (χ0n) is 15.4. The highest BCUT2D eigenvalue weighted by Crippen LogP contribution is 2.25. The summed E-state index contributed by atoms with van der Waals surface area (Å²) in [6.07, 6.45) is 1.59. The predicted octanol–water partition coefficient (Wildman–Crippen LogP) is 4.42. The van der Waals surface area contributed by atoms with Gasteiger partial charge in [-0.25, -0.2) is 4.99 Å².